The first-order chi connectivity index (χ1) is 15.5. The van der Waals surface area contributed by atoms with Crippen LogP contribution in [-0.4, -0.2) is 36.2 Å². The van der Waals surface area contributed by atoms with E-state index in [0.29, 0.717) is 22.2 Å². The Kier molecular flexibility index (Phi) is 4.90. The molecule has 0 spiro atoms. The largest absolute Gasteiger partial charge is 0.496 e. The molecule has 0 bridgehead atoms. The van der Waals surface area contributed by atoms with Crippen LogP contribution < -0.4 is 4.74 Å². The summed E-state index contributed by atoms with van der Waals surface area (Å²) in [5.74, 6) is 2.14. The third-order valence-corrected chi connectivity index (χ3v) is 5.91. The molecule has 4 aromatic heterocycles. The van der Waals surface area contributed by atoms with Gasteiger partial charge in [-0.25, -0.2) is 14.5 Å². The first-order valence-corrected chi connectivity index (χ1v) is 10.5. The minimum Gasteiger partial charge on any atom is -0.496 e. The van der Waals surface area contributed by atoms with Crippen molar-refractivity contribution in [3.8, 4) is 39.7 Å². The van der Waals surface area contributed by atoms with Gasteiger partial charge in [0.05, 0.1) is 12.8 Å². The topological polar surface area (TPSA) is 70.1 Å². The number of aryl methyl sites for hydroxylation is 2. The second-order valence-corrected chi connectivity index (χ2v) is 7.93. The van der Waals surface area contributed by atoms with Crippen molar-refractivity contribution < 1.29 is 4.74 Å². The average Bonchev–Trinajstić information content (AvgIpc) is 3.35. The summed E-state index contributed by atoms with van der Waals surface area (Å²) >= 11 is 6.75. The molecular formula is C24H21ClN6O. The van der Waals surface area contributed by atoms with Crippen LogP contribution in [0.15, 0.2) is 55.0 Å². The van der Waals surface area contributed by atoms with Crippen molar-refractivity contribution in [2.24, 2.45) is 7.05 Å². The van der Waals surface area contributed by atoms with Crippen molar-refractivity contribution in [1.82, 2.24) is 29.1 Å². The zero-order valence-corrected chi connectivity index (χ0v) is 18.9. The molecule has 32 heavy (non-hydrogen) atoms. The van der Waals surface area contributed by atoms with Crippen LogP contribution in [0.5, 0.6) is 5.75 Å². The molecule has 160 valence electrons. The Morgan fingerprint density at radius 1 is 0.938 bits per heavy atom. The lowest BCUT2D eigenvalue weighted by atomic mass is 9.96. The zero-order chi connectivity index (χ0) is 22.4. The highest BCUT2D eigenvalue weighted by atomic mass is 35.5. The van der Waals surface area contributed by atoms with E-state index in [-0.39, 0.29) is 0 Å². The lowest BCUT2D eigenvalue weighted by molar-refractivity contribution is 0.412. The first-order valence-electron chi connectivity index (χ1n) is 10.1. The highest BCUT2D eigenvalue weighted by molar-refractivity contribution is 6.33. The maximum absolute atomic E-state index is 6.75. The van der Waals surface area contributed by atoms with Gasteiger partial charge in [-0.2, -0.15) is 0 Å². The molecular weight excluding hydrogens is 424 g/mol. The van der Waals surface area contributed by atoms with Gasteiger partial charge in [-0.15, -0.1) is 5.10 Å². The fraction of sp³-hybridized carbons (Fsp3) is 0.167. The standard InChI is InChI=1S/C24H21ClN6O/c1-14-16(8-7-10-20(14)32-4)17-12-31-22(21(17)18-9-5-6-11-26-18)23(25)28-24(29-31)19-13-30(3)15(2)27-19/h5-13H,1-4H3. The van der Waals surface area contributed by atoms with Gasteiger partial charge in [-0.3, -0.25) is 4.98 Å². The number of ether oxygens (including phenoxy) is 1. The Bertz CT molecular complexity index is 1440. The molecule has 4 heterocycles. The van der Waals surface area contributed by atoms with E-state index in [1.807, 2.05) is 68.2 Å². The third-order valence-electron chi connectivity index (χ3n) is 5.64. The molecule has 0 saturated heterocycles. The fourth-order valence-electron chi connectivity index (χ4n) is 3.92. The molecule has 0 aliphatic carbocycles. The van der Waals surface area contributed by atoms with Crippen molar-refractivity contribution in [3.63, 3.8) is 0 Å². The Morgan fingerprint density at radius 3 is 2.47 bits per heavy atom. The van der Waals surface area contributed by atoms with Gasteiger partial charge in [0.1, 0.15) is 22.8 Å². The molecule has 0 atom stereocenters. The smallest absolute Gasteiger partial charge is 0.201 e. The Balaban J connectivity index is 1.83. The first kappa shape index (κ1) is 20.2. The lowest BCUT2D eigenvalue weighted by Gasteiger charge is -2.11. The van der Waals surface area contributed by atoms with E-state index in [2.05, 4.69) is 21.0 Å². The molecule has 5 aromatic rings. The Labute approximate surface area is 190 Å². The normalized spacial score (nSPS) is 11.3. The highest BCUT2D eigenvalue weighted by Crippen LogP contribution is 2.41. The summed E-state index contributed by atoms with van der Waals surface area (Å²) in [6.45, 7) is 3.97. The predicted molar refractivity (Wildman–Crippen MR) is 125 cm³/mol. The summed E-state index contributed by atoms with van der Waals surface area (Å²) < 4.78 is 9.25. The summed E-state index contributed by atoms with van der Waals surface area (Å²) in [5, 5.41) is 5.09. The number of methoxy groups -OCH3 is 1. The minimum atomic E-state index is 0.339. The molecule has 0 saturated carbocycles. The van der Waals surface area contributed by atoms with Crippen LogP contribution in [0, 0.1) is 13.8 Å². The summed E-state index contributed by atoms with van der Waals surface area (Å²) in [4.78, 5) is 13.7. The molecule has 5 rings (SSSR count). The lowest BCUT2D eigenvalue weighted by Crippen LogP contribution is -1.99. The fourth-order valence-corrected chi connectivity index (χ4v) is 4.18. The maximum atomic E-state index is 6.75. The molecule has 0 amide bonds. The molecule has 0 unspecified atom stereocenters. The number of benzene rings is 1. The maximum Gasteiger partial charge on any atom is 0.201 e. The van der Waals surface area contributed by atoms with E-state index in [0.717, 1.165) is 39.5 Å². The zero-order valence-electron chi connectivity index (χ0n) is 18.2. The van der Waals surface area contributed by atoms with Gasteiger partial charge in [-0.1, -0.05) is 29.8 Å². The molecule has 8 heteroatoms. The number of hydrogen-bond donors (Lipinski definition) is 0. The predicted octanol–water partition coefficient (Wildman–Crippen LogP) is 5.14. The van der Waals surface area contributed by atoms with Crippen molar-refractivity contribution in [2.45, 2.75) is 13.8 Å². The van der Waals surface area contributed by atoms with Gasteiger partial charge in [-0.05, 0) is 43.2 Å². The van der Waals surface area contributed by atoms with Crippen molar-refractivity contribution in [2.75, 3.05) is 7.11 Å². The number of hydrogen-bond acceptors (Lipinski definition) is 5. The number of pyridine rings is 1. The number of rotatable bonds is 4. The quantitative estimate of drug-likeness (QED) is 0.384. The van der Waals surface area contributed by atoms with Gasteiger partial charge in [0.2, 0.25) is 5.82 Å². The average molecular weight is 445 g/mol. The molecule has 7 nitrogen and oxygen atoms in total. The van der Waals surface area contributed by atoms with Crippen molar-refractivity contribution in [3.05, 3.63) is 71.5 Å². The summed E-state index contributed by atoms with van der Waals surface area (Å²) in [6, 6.07) is 11.8. The molecule has 0 radical (unpaired) electrons. The molecule has 0 aliphatic heterocycles. The van der Waals surface area contributed by atoms with Crippen LogP contribution in [0.1, 0.15) is 11.4 Å². The van der Waals surface area contributed by atoms with Crippen LogP contribution in [0.25, 0.3) is 39.4 Å². The second-order valence-electron chi connectivity index (χ2n) is 7.57. The summed E-state index contributed by atoms with van der Waals surface area (Å²) in [7, 11) is 3.61. The van der Waals surface area contributed by atoms with Gasteiger partial charge in [0.25, 0.3) is 0 Å². The number of nitrogens with zero attached hydrogens (tertiary/aromatic N) is 6. The van der Waals surface area contributed by atoms with Crippen molar-refractivity contribution >= 4 is 17.1 Å². The Morgan fingerprint density at radius 2 is 1.78 bits per heavy atom. The second kappa shape index (κ2) is 7.76. The van der Waals surface area contributed by atoms with E-state index in [4.69, 9.17) is 21.4 Å². The number of halogens is 1. The van der Waals surface area contributed by atoms with Gasteiger partial charge in [0, 0.05) is 36.8 Å². The van der Waals surface area contributed by atoms with E-state index >= 15 is 0 Å². The van der Waals surface area contributed by atoms with Crippen LogP contribution in [-0.2, 0) is 7.05 Å². The molecule has 0 aliphatic rings. The highest BCUT2D eigenvalue weighted by Gasteiger charge is 2.22. The summed E-state index contributed by atoms with van der Waals surface area (Å²) in [6.07, 6.45) is 5.62. The van der Waals surface area contributed by atoms with E-state index in [9.17, 15) is 0 Å². The summed E-state index contributed by atoms with van der Waals surface area (Å²) in [5.41, 5.74) is 6.01. The van der Waals surface area contributed by atoms with Crippen LogP contribution in [0.4, 0.5) is 0 Å². The van der Waals surface area contributed by atoms with E-state index in [1.54, 1.807) is 17.8 Å². The number of aromatic nitrogens is 6. The van der Waals surface area contributed by atoms with Crippen LogP contribution in [0.2, 0.25) is 5.15 Å². The van der Waals surface area contributed by atoms with E-state index in [1.165, 1.54) is 0 Å². The van der Waals surface area contributed by atoms with Crippen LogP contribution >= 0.6 is 11.6 Å². The molecule has 0 N–H and O–H groups in total. The van der Waals surface area contributed by atoms with Gasteiger partial charge in [0.15, 0.2) is 5.15 Å². The van der Waals surface area contributed by atoms with Gasteiger partial charge < -0.3 is 9.30 Å². The van der Waals surface area contributed by atoms with Gasteiger partial charge >= 0.3 is 0 Å². The molecule has 0 fully saturated rings. The minimum absolute atomic E-state index is 0.339. The third kappa shape index (κ3) is 3.22. The van der Waals surface area contributed by atoms with E-state index < -0.39 is 0 Å². The number of imidazole rings is 1. The Hall–Kier alpha value is -3.71. The number of fused-ring (bicyclic) bond motifs is 1. The monoisotopic (exact) mass is 444 g/mol. The van der Waals surface area contributed by atoms with Crippen molar-refractivity contribution in [1.29, 1.82) is 0 Å². The molecule has 1 aromatic carbocycles. The SMILES string of the molecule is COc1cccc(-c2cn3nc(-c4cn(C)c(C)n4)nc(Cl)c3c2-c2ccccn2)c1C. The van der Waals surface area contributed by atoms with Crippen LogP contribution in [0.3, 0.4) is 0 Å².